The van der Waals surface area contributed by atoms with Crippen LogP contribution in [0.25, 0.3) is 5.69 Å². The van der Waals surface area contributed by atoms with Gasteiger partial charge >= 0.3 is 0 Å². The minimum atomic E-state index is 0.154. The van der Waals surface area contributed by atoms with E-state index in [1.807, 2.05) is 36.5 Å². The molecule has 26 heavy (non-hydrogen) atoms. The Balaban J connectivity index is 1.44. The number of carbonyl (C=O) groups excluding carboxylic acids is 1. The molecule has 2 aliphatic rings. The second-order valence-electron chi connectivity index (χ2n) is 7.19. The van der Waals surface area contributed by atoms with Gasteiger partial charge in [-0.2, -0.15) is 5.10 Å². The van der Waals surface area contributed by atoms with Crippen LogP contribution in [0.2, 0.25) is 0 Å². The van der Waals surface area contributed by atoms with Crippen LogP contribution >= 0.6 is 0 Å². The van der Waals surface area contributed by atoms with Crippen molar-refractivity contribution in [2.75, 3.05) is 0 Å². The lowest BCUT2D eigenvalue weighted by Gasteiger charge is -2.30. The van der Waals surface area contributed by atoms with Gasteiger partial charge in [0.1, 0.15) is 0 Å². The van der Waals surface area contributed by atoms with Gasteiger partial charge in [-0.25, -0.2) is 4.68 Å². The van der Waals surface area contributed by atoms with Crippen molar-refractivity contribution in [3.05, 3.63) is 83.7 Å². The maximum atomic E-state index is 13.3. The lowest BCUT2D eigenvalue weighted by molar-refractivity contribution is 0.0658. The van der Waals surface area contributed by atoms with Gasteiger partial charge in [0.2, 0.25) is 0 Å². The molecule has 2 aliphatic carbocycles. The maximum absolute atomic E-state index is 13.3. The summed E-state index contributed by atoms with van der Waals surface area (Å²) in [5.41, 5.74) is 4.46. The van der Waals surface area contributed by atoms with Gasteiger partial charge < -0.3 is 4.90 Å². The number of carbonyl (C=O) groups is 1. The highest BCUT2D eigenvalue weighted by Gasteiger charge is 2.40. The lowest BCUT2D eigenvalue weighted by atomic mass is 10.0. The summed E-state index contributed by atoms with van der Waals surface area (Å²) < 4.78 is 1.81. The van der Waals surface area contributed by atoms with E-state index in [0.717, 1.165) is 36.9 Å². The highest BCUT2D eigenvalue weighted by atomic mass is 16.2. The molecule has 4 nitrogen and oxygen atoms in total. The Morgan fingerprint density at radius 1 is 1.00 bits per heavy atom. The van der Waals surface area contributed by atoms with Gasteiger partial charge in [-0.15, -0.1) is 0 Å². The van der Waals surface area contributed by atoms with Crippen molar-refractivity contribution < 1.29 is 4.79 Å². The highest BCUT2D eigenvalue weighted by molar-refractivity contribution is 5.95. The summed E-state index contributed by atoms with van der Waals surface area (Å²) in [5.74, 6) is 0.154. The molecule has 1 saturated carbocycles. The zero-order valence-corrected chi connectivity index (χ0v) is 14.6. The average Bonchev–Trinajstić information content (AvgIpc) is 3.20. The molecule has 1 aromatic heterocycles. The van der Waals surface area contributed by atoms with E-state index in [9.17, 15) is 4.79 Å². The Kier molecular flexibility index (Phi) is 3.63. The molecule has 3 aromatic rings. The molecule has 130 valence electrons. The van der Waals surface area contributed by atoms with Crippen LogP contribution in [-0.2, 0) is 6.42 Å². The third-order valence-corrected chi connectivity index (χ3v) is 5.49. The predicted molar refractivity (Wildman–Crippen MR) is 100 cm³/mol. The quantitative estimate of drug-likeness (QED) is 0.713. The molecule has 2 aromatic carbocycles. The van der Waals surface area contributed by atoms with Crippen LogP contribution < -0.4 is 0 Å². The molecule has 0 bridgehead atoms. The number of aromatic nitrogens is 2. The van der Waals surface area contributed by atoms with Crippen LogP contribution in [0, 0.1) is 0 Å². The van der Waals surface area contributed by atoms with Gasteiger partial charge in [0.25, 0.3) is 5.91 Å². The first-order chi connectivity index (χ1) is 12.8. The zero-order chi connectivity index (χ0) is 17.5. The number of rotatable bonds is 4. The number of nitrogens with zero attached hydrogens (tertiary/aromatic N) is 3. The fourth-order valence-electron chi connectivity index (χ4n) is 4.07. The minimum Gasteiger partial charge on any atom is -0.329 e. The largest absolute Gasteiger partial charge is 0.329 e. The van der Waals surface area contributed by atoms with Crippen molar-refractivity contribution in [1.29, 1.82) is 0 Å². The van der Waals surface area contributed by atoms with Crippen molar-refractivity contribution in [2.24, 2.45) is 0 Å². The van der Waals surface area contributed by atoms with Crippen LogP contribution in [0.5, 0.6) is 0 Å². The molecule has 1 amide bonds. The van der Waals surface area contributed by atoms with Gasteiger partial charge in [-0.05, 0) is 67.1 Å². The second kappa shape index (κ2) is 6.13. The first-order valence-corrected chi connectivity index (χ1v) is 9.32. The summed E-state index contributed by atoms with van der Waals surface area (Å²) in [4.78, 5) is 15.5. The monoisotopic (exact) mass is 343 g/mol. The van der Waals surface area contributed by atoms with Crippen molar-refractivity contribution in [1.82, 2.24) is 14.7 Å². The lowest BCUT2D eigenvalue weighted by Crippen LogP contribution is -2.36. The molecule has 0 radical (unpaired) electrons. The minimum absolute atomic E-state index is 0.154. The molecule has 0 aliphatic heterocycles. The summed E-state index contributed by atoms with van der Waals surface area (Å²) in [6, 6.07) is 18.9. The van der Waals surface area contributed by atoms with Crippen LogP contribution in [0.1, 0.15) is 46.8 Å². The van der Waals surface area contributed by atoms with Crippen LogP contribution in [0.3, 0.4) is 0 Å². The third kappa shape index (κ3) is 2.62. The van der Waals surface area contributed by atoms with Gasteiger partial charge in [-0.1, -0.05) is 24.3 Å². The molecule has 1 heterocycles. The molecular formula is C22H21N3O. The molecule has 0 N–H and O–H groups in total. The number of hydrogen-bond acceptors (Lipinski definition) is 2. The Bertz CT molecular complexity index is 926. The van der Waals surface area contributed by atoms with Gasteiger partial charge in [0.05, 0.1) is 11.7 Å². The molecule has 0 spiro atoms. The van der Waals surface area contributed by atoms with Crippen LogP contribution in [0.4, 0.5) is 0 Å². The first-order valence-electron chi connectivity index (χ1n) is 9.32. The van der Waals surface area contributed by atoms with E-state index in [1.165, 1.54) is 11.1 Å². The second-order valence-corrected chi connectivity index (χ2v) is 7.19. The maximum Gasteiger partial charge on any atom is 0.254 e. The van der Waals surface area contributed by atoms with E-state index in [-0.39, 0.29) is 11.9 Å². The number of aryl methyl sites for hydroxylation is 1. The number of benzene rings is 2. The Hall–Kier alpha value is -2.88. The van der Waals surface area contributed by atoms with E-state index in [2.05, 4.69) is 34.3 Å². The van der Waals surface area contributed by atoms with Crippen molar-refractivity contribution >= 4 is 5.91 Å². The zero-order valence-electron chi connectivity index (χ0n) is 14.6. The van der Waals surface area contributed by atoms with Gasteiger partial charge in [0, 0.05) is 24.0 Å². The fourth-order valence-corrected chi connectivity index (χ4v) is 4.07. The van der Waals surface area contributed by atoms with E-state index in [0.29, 0.717) is 6.04 Å². The molecule has 1 unspecified atom stereocenters. The number of amides is 1. The van der Waals surface area contributed by atoms with E-state index in [4.69, 9.17) is 0 Å². The Labute approximate surface area is 153 Å². The molecule has 0 saturated heterocycles. The SMILES string of the molecule is O=C(c1ccc(-n2cccn2)cc1)N(C1CC1)C1CCc2ccccc21. The molecule has 1 atom stereocenters. The summed E-state index contributed by atoms with van der Waals surface area (Å²) in [6.45, 7) is 0. The molecule has 1 fully saturated rings. The Morgan fingerprint density at radius 3 is 2.54 bits per heavy atom. The van der Waals surface area contributed by atoms with E-state index >= 15 is 0 Å². The Morgan fingerprint density at radius 2 is 1.81 bits per heavy atom. The predicted octanol–water partition coefficient (Wildman–Crippen LogP) is 4.16. The van der Waals surface area contributed by atoms with Crippen molar-refractivity contribution in [3.63, 3.8) is 0 Å². The standard InChI is InChI=1S/C22H21N3O/c26-22(17-6-9-18(10-7-17)24-15-3-14-23-24)25(19-11-12-19)21-13-8-16-4-1-2-5-20(16)21/h1-7,9-10,14-15,19,21H,8,11-13H2. The normalized spacial score (nSPS) is 18.5. The summed E-state index contributed by atoms with van der Waals surface area (Å²) in [5, 5.41) is 4.24. The third-order valence-electron chi connectivity index (χ3n) is 5.49. The van der Waals surface area contributed by atoms with Gasteiger partial charge in [0.15, 0.2) is 0 Å². The van der Waals surface area contributed by atoms with Gasteiger partial charge in [-0.3, -0.25) is 4.79 Å². The molecule has 5 rings (SSSR count). The number of fused-ring (bicyclic) bond motifs is 1. The van der Waals surface area contributed by atoms with Crippen LogP contribution in [0.15, 0.2) is 67.0 Å². The van der Waals surface area contributed by atoms with Crippen molar-refractivity contribution in [3.8, 4) is 5.69 Å². The average molecular weight is 343 g/mol. The fraction of sp³-hybridized carbons (Fsp3) is 0.273. The highest BCUT2D eigenvalue weighted by Crippen LogP contribution is 2.42. The summed E-state index contributed by atoms with van der Waals surface area (Å²) in [7, 11) is 0. The number of hydrogen-bond donors (Lipinski definition) is 0. The molecular weight excluding hydrogens is 322 g/mol. The smallest absolute Gasteiger partial charge is 0.254 e. The van der Waals surface area contributed by atoms with E-state index < -0.39 is 0 Å². The summed E-state index contributed by atoms with van der Waals surface area (Å²) in [6.07, 6.45) is 8.00. The van der Waals surface area contributed by atoms with Crippen molar-refractivity contribution in [2.45, 2.75) is 37.8 Å². The summed E-state index contributed by atoms with van der Waals surface area (Å²) >= 11 is 0. The topological polar surface area (TPSA) is 38.1 Å². The van der Waals surface area contributed by atoms with E-state index in [1.54, 1.807) is 10.9 Å². The molecule has 4 heteroatoms. The van der Waals surface area contributed by atoms with Crippen LogP contribution in [-0.4, -0.2) is 26.6 Å². The first kappa shape index (κ1) is 15.4.